The molecule has 0 amide bonds. The van der Waals surface area contributed by atoms with Crippen molar-refractivity contribution in [3.63, 3.8) is 0 Å². The van der Waals surface area contributed by atoms with Gasteiger partial charge in [0.25, 0.3) is 5.89 Å². The maximum absolute atomic E-state index is 13.0. The van der Waals surface area contributed by atoms with Crippen LogP contribution in [0.4, 0.5) is 4.39 Å². The molecule has 0 aliphatic carbocycles. The van der Waals surface area contributed by atoms with Crippen molar-refractivity contribution >= 4 is 15.8 Å². The molecular formula is C19H17FN2O5S. The van der Waals surface area contributed by atoms with Crippen molar-refractivity contribution in [2.45, 2.75) is 24.8 Å². The highest BCUT2D eigenvalue weighted by Gasteiger charge is 2.25. The number of halogens is 1. The molecule has 1 aromatic heterocycles. The van der Waals surface area contributed by atoms with Crippen molar-refractivity contribution in [2.75, 3.05) is 5.75 Å². The predicted molar refractivity (Wildman–Crippen MR) is 97.7 cm³/mol. The van der Waals surface area contributed by atoms with Crippen molar-refractivity contribution in [1.29, 1.82) is 0 Å². The van der Waals surface area contributed by atoms with Crippen molar-refractivity contribution in [1.82, 2.24) is 10.2 Å². The van der Waals surface area contributed by atoms with E-state index in [1.54, 1.807) is 6.07 Å². The van der Waals surface area contributed by atoms with Crippen molar-refractivity contribution in [3.05, 3.63) is 65.8 Å². The van der Waals surface area contributed by atoms with Gasteiger partial charge in [0.2, 0.25) is 5.89 Å². The smallest absolute Gasteiger partial charge is 0.340 e. The molecule has 3 aromatic rings. The van der Waals surface area contributed by atoms with E-state index in [9.17, 15) is 17.6 Å². The lowest BCUT2D eigenvalue weighted by atomic mass is 10.2. The Morgan fingerprint density at radius 1 is 1.14 bits per heavy atom. The van der Waals surface area contributed by atoms with E-state index in [1.165, 1.54) is 56.3 Å². The van der Waals surface area contributed by atoms with Crippen molar-refractivity contribution < 1.29 is 26.8 Å². The van der Waals surface area contributed by atoms with E-state index in [0.717, 1.165) is 0 Å². The van der Waals surface area contributed by atoms with Gasteiger partial charge in [-0.2, -0.15) is 0 Å². The molecule has 0 spiro atoms. The summed E-state index contributed by atoms with van der Waals surface area (Å²) in [5.41, 5.74) is 0.451. The minimum Gasteiger partial charge on any atom is -0.449 e. The van der Waals surface area contributed by atoms with E-state index in [-0.39, 0.29) is 28.0 Å². The molecule has 0 saturated heterocycles. The Labute approximate surface area is 161 Å². The van der Waals surface area contributed by atoms with Gasteiger partial charge in [0.15, 0.2) is 15.9 Å². The van der Waals surface area contributed by atoms with Crippen LogP contribution in [0.25, 0.3) is 11.5 Å². The van der Waals surface area contributed by atoms with Crippen LogP contribution in [-0.4, -0.2) is 30.3 Å². The van der Waals surface area contributed by atoms with E-state index < -0.39 is 27.7 Å². The zero-order valence-electron chi connectivity index (χ0n) is 15.1. The number of rotatable bonds is 6. The first-order valence-corrected chi connectivity index (χ1v) is 10.1. The van der Waals surface area contributed by atoms with Gasteiger partial charge in [-0.1, -0.05) is 19.1 Å². The summed E-state index contributed by atoms with van der Waals surface area (Å²) in [6.07, 6.45) is -0.911. The van der Waals surface area contributed by atoms with Crippen LogP contribution in [0, 0.1) is 5.82 Å². The van der Waals surface area contributed by atoms with E-state index >= 15 is 0 Å². The molecule has 0 aliphatic heterocycles. The van der Waals surface area contributed by atoms with Crippen LogP contribution < -0.4 is 0 Å². The molecule has 0 N–H and O–H groups in total. The van der Waals surface area contributed by atoms with Gasteiger partial charge in [-0.3, -0.25) is 0 Å². The minimum absolute atomic E-state index is 0.0310. The minimum atomic E-state index is -3.59. The summed E-state index contributed by atoms with van der Waals surface area (Å²) in [5.74, 6) is -1.18. The average Bonchev–Trinajstić information content (AvgIpc) is 3.19. The Morgan fingerprint density at radius 2 is 1.82 bits per heavy atom. The number of hydrogen-bond acceptors (Lipinski definition) is 7. The summed E-state index contributed by atoms with van der Waals surface area (Å²) >= 11 is 0. The predicted octanol–water partition coefficient (Wildman–Crippen LogP) is 3.59. The molecule has 0 fully saturated rings. The maximum atomic E-state index is 13.0. The van der Waals surface area contributed by atoms with Crippen molar-refractivity contribution in [2.24, 2.45) is 0 Å². The fraction of sp³-hybridized carbons (Fsp3) is 0.211. The first-order chi connectivity index (χ1) is 13.3. The lowest BCUT2D eigenvalue weighted by Gasteiger charge is -2.12. The third kappa shape index (κ3) is 4.09. The number of nitrogens with zero attached hydrogens (tertiary/aromatic N) is 2. The van der Waals surface area contributed by atoms with Crippen LogP contribution in [0.3, 0.4) is 0 Å². The molecule has 3 rings (SSSR count). The Bertz CT molecular complexity index is 1090. The topological polar surface area (TPSA) is 99.4 Å². The van der Waals surface area contributed by atoms with E-state index in [1.807, 2.05) is 0 Å². The number of benzene rings is 2. The number of hydrogen-bond donors (Lipinski definition) is 0. The second kappa shape index (κ2) is 7.89. The van der Waals surface area contributed by atoms with Gasteiger partial charge in [-0.15, -0.1) is 10.2 Å². The van der Waals surface area contributed by atoms with Gasteiger partial charge in [0.1, 0.15) is 5.82 Å². The maximum Gasteiger partial charge on any atom is 0.340 e. The van der Waals surface area contributed by atoms with E-state index in [4.69, 9.17) is 9.15 Å². The van der Waals surface area contributed by atoms with Crippen LogP contribution >= 0.6 is 0 Å². The average molecular weight is 404 g/mol. The Kier molecular flexibility index (Phi) is 5.55. The Balaban J connectivity index is 1.80. The highest BCUT2D eigenvalue weighted by Crippen LogP contribution is 2.25. The molecule has 7 nitrogen and oxygen atoms in total. The molecule has 146 valence electrons. The molecule has 1 atom stereocenters. The van der Waals surface area contributed by atoms with Gasteiger partial charge >= 0.3 is 5.97 Å². The SMILES string of the molecule is CCS(=O)(=O)c1ccccc1C(=O)O[C@@H](C)c1nnc(-c2ccc(F)cc2)o1. The fourth-order valence-electron chi connectivity index (χ4n) is 2.44. The third-order valence-electron chi connectivity index (χ3n) is 3.99. The molecule has 0 radical (unpaired) electrons. The quantitative estimate of drug-likeness (QED) is 0.579. The zero-order valence-corrected chi connectivity index (χ0v) is 15.9. The second-order valence-corrected chi connectivity index (χ2v) is 8.15. The van der Waals surface area contributed by atoms with E-state index in [2.05, 4.69) is 10.2 Å². The molecule has 1 heterocycles. The lowest BCUT2D eigenvalue weighted by Crippen LogP contribution is -2.15. The van der Waals surface area contributed by atoms with Gasteiger partial charge in [-0.25, -0.2) is 17.6 Å². The van der Waals surface area contributed by atoms with Crippen LogP contribution in [-0.2, 0) is 14.6 Å². The fourth-order valence-corrected chi connectivity index (χ4v) is 3.53. The third-order valence-corrected chi connectivity index (χ3v) is 5.77. The summed E-state index contributed by atoms with van der Waals surface area (Å²) in [5, 5.41) is 7.70. The molecule has 0 unspecified atom stereocenters. The number of sulfone groups is 1. The molecular weight excluding hydrogens is 387 g/mol. The number of carbonyl (C=O) groups is 1. The molecule has 28 heavy (non-hydrogen) atoms. The Morgan fingerprint density at radius 3 is 2.50 bits per heavy atom. The molecule has 0 bridgehead atoms. The normalized spacial score (nSPS) is 12.5. The zero-order chi connectivity index (χ0) is 20.3. The first kappa shape index (κ1) is 19.7. The number of ether oxygens (including phenoxy) is 1. The summed E-state index contributed by atoms with van der Waals surface area (Å²) in [7, 11) is -3.59. The van der Waals surface area contributed by atoms with Gasteiger partial charge in [0, 0.05) is 5.56 Å². The highest BCUT2D eigenvalue weighted by molar-refractivity contribution is 7.91. The lowest BCUT2D eigenvalue weighted by molar-refractivity contribution is 0.0275. The summed E-state index contributed by atoms with van der Waals surface area (Å²) in [6.45, 7) is 3.02. The first-order valence-electron chi connectivity index (χ1n) is 8.44. The number of aromatic nitrogens is 2. The van der Waals surface area contributed by atoms with Gasteiger partial charge in [0.05, 0.1) is 16.2 Å². The summed E-state index contributed by atoms with van der Waals surface area (Å²) in [4.78, 5) is 12.4. The standard InChI is InChI=1S/C19H17FN2O5S/c1-3-28(24,25)16-7-5-4-6-15(16)19(23)26-12(2)17-21-22-18(27-17)13-8-10-14(20)11-9-13/h4-12H,3H2,1-2H3/t12-/m0/s1. The van der Waals surface area contributed by atoms with E-state index in [0.29, 0.717) is 5.56 Å². The van der Waals surface area contributed by atoms with Gasteiger partial charge < -0.3 is 9.15 Å². The largest absolute Gasteiger partial charge is 0.449 e. The number of esters is 1. The molecule has 2 aromatic carbocycles. The van der Waals surface area contributed by atoms with Crippen LogP contribution in [0.2, 0.25) is 0 Å². The second-order valence-electron chi connectivity index (χ2n) is 5.90. The van der Waals surface area contributed by atoms with Gasteiger partial charge in [-0.05, 0) is 43.3 Å². The highest BCUT2D eigenvalue weighted by atomic mass is 32.2. The van der Waals surface area contributed by atoms with Crippen LogP contribution in [0.1, 0.15) is 36.2 Å². The molecule has 0 saturated carbocycles. The van der Waals surface area contributed by atoms with Crippen LogP contribution in [0.5, 0.6) is 0 Å². The monoisotopic (exact) mass is 404 g/mol. The number of carbonyl (C=O) groups excluding carboxylic acids is 1. The summed E-state index contributed by atoms with van der Waals surface area (Å²) in [6, 6.07) is 11.3. The molecule has 0 aliphatic rings. The summed E-state index contributed by atoms with van der Waals surface area (Å²) < 4.78 is 48.2. The van der Waals surface area contributed by atoms with Crippen LogP contribution in [0.15, 0.2) is 57.8 Å². The Hall–Kier alpha value is -3.07. The van der Waals surface area contributed by atoms with Crippen molar-refractivity contribution in [3.8, 4) is 11.5 Å². The molecule has 9 heteroatoms.